The van der Waals surface area contributed by atoms with Gasteiger partial charge in [0.15, 0.2) is 0 Å². The van der Waals surface area contributed by atoms with E-state index in [-0.39, 0.29) is 6.61 Å². The van der Waals surface area contributed by atoms with Gasteiger partial charge in [0.1, 0.15) is 0 Å². The number of aliphatic hydroxyl groups is 1. The topological polar surface area (TPSA) is 29.5 Å². The zero-order chi connectivity index (χ0) is 7.82. The Labute approximate surface area is 63.2 Å². The molecular weight excluding hydrogens is 128 g/mol. The SMILES string of the molecule is CCCC(C)OCCCO. The minimum absolute atomic E-state index is 0.235. The quantitative estimate of drug-likeness (QED) is 0.576. The summed E-state index contributed by atoms with van der Waals surface area (Å²) < 4.78 is 5.36. The second-order valence-electron chi connectivity index (χ2n) is 2.55. The lowest BCUT2D eigenvalue weighted by Crippen LogP contribution is -2.09. The Balaban J connectivity index is 2.97. The minimum Gasteiger partial charge on any atom is -0.396 e. The van der Waals surface area contributed by atoms with Gasteiger partial charge in [-0.05, 0) is 19.8 Å². The molecule has 0 radical (unpaired) electrons. The van der Waals surface area contributed by atoms with Gasteiger partial charge in [-0.25, -0.2) is 0 Å². The molecule has 0 bridgehead atoms. The molecule has 62 valence electrons. The smallest absolute Gasteiger partial charge is 0.0546 e. The standard InChI is InChI=1S/C8H18O2/c1-3-5-8(2)10-7-4-6-9/h8-9H,3-7H2,1-2H3. The largest absolute Gasteiger partial charge is 0.396 e. The van der Waals surface area contributed by atoms with Crippen LogP contribution < -0.4 is 0 Å². The minimum atomic E-state index is 0.235. The fourth-order valence-electron chi connectivity index (χ4n) is 0.839. The fourth-order valence-corrected chi connectivity index (χ4v) is 0.839. The fraction of sp³-hybridized carbons (Fsp3) is 1.00. The molecule has 1 N–H and O–H groups in total. The van der Waals surface area contributed by atoms with Crippen molar-refractivity contribution in [2.45, 2.75) is 39.2 Å². The summed E-state index contributed by atoms with van der Waals surface area (Å²) in [6.07, 6.45) is 3.40. The summed E-state index contributed by atoms with van der Waals surface area (Å²) in [5.41, 5.74) is 0. The van der Waals surface area contributed by atoms with Crippen molar-refractivity contribution in [2.75, 3.05) is 13.2 Å². The number of rotatable bonds is 6. The van der Waals surface area contributed by atoms with Crippen molar-refractivity contribution in [3.05, 3.63) is 0 Å². The molecule has 2 nitrogen and oxygen atoms in total. The van der Waals surface area contributed by atoms with Gasteiger partial charge in [-0.2, -0.15) is 0 Å². The van der Waals surface area contributed by atoms with Crippen LogP contribution >= 0.6 is 0 Å². The van der Waals surface area contributed by atoms with Gasteiger partial charge in [0.05, 0.1) is 6.10 Å². The van der Waals surface area contributed by atoms with E-state index in [2.05, 4.69) is 13.8 Å². The van der Waals surface area contributed by atoms with Gasteiger partial charge in [0.2, 0.25) is 0 Å². The van der Waals surface area contributed by atoms with Crippen molar-refractivity contribution in [3.63, 3.8) is 0 Å². The van der Waals surface area contributed by atoms with Crippen LogP contribution in [0.25, 0.3) is 0 Å². The van der Waals surface area contributed by atoms with Crippen LogP contribution in [0.5, 0.6) is 0 Å². The van der Waals surface area contributed by atoms with E-state index in [1.54, 1.807) is 0 Å². The van der Waals surface area contributed by atoms with Gasteiger partial charge in [-0.3, -0.25) is 0 Å². The average molecular weight is 146 g/mol. The summed E-state index contributed by atoms with van der Waals surface area (Å²) in [7, 11) is 0. The zero-order valence-electron chi connectivity index (χ0n) is 6.97. The van der Waals surface area contributed by atoms with Gasteiger partial charge in [-0.1, -0.05) is 13.3 Å². The molecule has 0 fully saturated rings. The molecule has 10 heavy (non-hydrogen) atoms. The first-order chi connectivity index (χ1) is 4.81. The lowest BCUT2D eigenvalue weighted by molar-refractivity contribution is 0.0502. The summed E-state index contributed by atoms with van der Waals surface area (Å²) in [5.74, 6) is 0. The third-order valence-electron chi connectivity index (χ3n) is 1.40. The predicted molar refractivity (Wildman–Crippen MR) is 42.0 cm³/mol. The first kappa shape index (κ1) is 9.92. The van der Waals surface area contributed by atoms with Crippen molar-refractivity contribution in [1.82, 2.24) is 0 Å². The van der Waals surface area contributed by atoms with Crippen LogP contribution in [0, 0.1) is 0 Å². The van der Waals surface area contributed by atoms with Crippen molar-refractivity contribution in [2.24, 2.45) is 0 Å². The van der Waals surface area contributed by atoms with Crippen molar-refractivity contribution < 1.29 is 9.84 Å². The number of hydrogen-bond acceptors (Lipinski definition) is 2. The van der Waals surface area contributed by atoms with Crippen LogP contribution in [-0.2, 0) is 4.74 Å². The molecule has 2 heteroatoms. The molecular formula is C8H18O2. The van der Waals surface area contributed by atoms with E-state index in [1.165, 1.54) is 6.42 Å². The van der Waals surface area contributed by atoms with Crippen LogP contribution in [0.2, 0.25) is 0 Å². The van der Waals surface area contributed by atoms with E-state index in [1.807, 2.05) is 0 Å². The highest BCUT2D eigenvalue weighted by Crippen LogP contribution is 2.00. The Morgan fingerprint density at radius 2 is 2.20 bits per heavy atom. The van der Waals surface area contributed by atoms with E-state index in [0.717, 1.165) is 12.8 Å². The Hall–Kier alpha value is -0.0800. The molecule has 0 rings (SSSR count). The molecule has 0 aliphatic heterocycles. The molecule has 0 aliphatic rings. The molecule has 0 amide bonds. The molecule has 0 saturated carbocycles. The van der Waals surface area contributed by atoms with Crippen molar-refractivity contribution >= 4 is 0 Å². The number of hydrogen-bond donors (Lipinski definition) is 1. The lowest BCUT2D eigenvalue weighted by Gasteiger charge is -2.10. The Bertz CT molecular complexity index is 64.3. The molecule has 0 saturated heterocycles. The molecule has 1 unspecified atom stereocenters. The van der Waals surface area contributed by atoms with Crippen LogP contribution in [-0.4, -0.2) is 24.4 Å². The second kappa shape index (κ2) is 7.03. The van der Waals surface area contributed by atoms with E-state index in [9.17, 15) is 0 Å². The third kappa shape index (κ3) is 6.05. The zero-order valence-corrected chi connectivity index (χ0v) is 6.97. The highest BCUT2D eigenvalue weighted by molar-refractivity contribution is 4.47. The molecule has 1 atom stereocenters. The van der Waals surface area contributed by atoms with Crippen LogP contribution in [0.1, 0.15) is 33.1 Å². The van der Waals surface area contributed by atoms with E-state index >= 15 is 0 Å². The first-order valence-corrected chi connectivity index (χ1v) is 4.03. The summed E-state index contributed by atoms with van der Waals surface area (Å²) >= 11 is 0. The monoisotopic (exact) mass is 146 g/mol. The van der Waals surface area contributed by atoms with Gasteiger partial charge >= 0.3 is 0 Å². The van der Waals surface area contributed by atoms with Crippen molar-refractivity contribution in [1.29, 1.82) is 0 Å². The molecule has 0 aromatic carbocycles. The molecule has 0 aromatic heterocycles. The maximum absolute atomic E-state index is 8.43. The Kier molecular flexibility index (Phi) is 6.98. The van der Waals surface area contributed by atoms with Gasteiger partial charge in [0.25, 0.3) is 0 Å². The van der Waals surface area contributed by atoms with Gasteiger partial charge in [0, 0.05) is 13.2 Å². The van der Waals surface area contributed by atoms with Crippen LogP contribution in [0.4, 0.5) is 0 Å². The summed E-state index contributed by atoms with van der Waals surface area (Å²) in [6, 6.07) is 0. The third-order valence-corrected chi connectivity index (χ3v) is 1.40. The van der Waals surface area contributed by atoms with Crippen LogP contribution in [0.15, 0.2) is 0 Å². The maximum atomic E-state index is 8.43. The van der Waals surface area contributed by atoms with E-state index < -0.39 is 0 Å². The lowest BCUT2D eigenvalue weighted by atomic mass is 10.2. The molecule has 0 heterocycles. The normalized spacial score (nSPS) is 13.5. The number of ether oxygens (including phenoxy) is 1. The average Bonchev–Trinajstić information content (AvgIpc) is 1.89. The summed E-state index contributed by atoms with van der Waals surface area (Å²) in [5, 5.41) is 8.43. The molecule has 0 spiro atoms. The van der Waals surface area contributed by atoms with E-state index in [0.29, 0.717) is 12.7 Å². The van der Waals surface area contributed by atoms with Crippen molar-refractivity contribution in [3.8, 4) is 0 Å². The maximum Gasteiger partial charge on any atom is 0.0546 e. The first-order valence-electron chi connectivity index (χ1n) is 4.03. The molecule has 0 aromatic rings. The Morgan fingerprint density at radius 1 is 1.50 bits per heavy atom. The summed E-state index contributed by atoms with van der Waals surface area (Å²) in [4.78, 5) is 0. The number of aliphatic hydroxyl groups excluding tert-OH is 1. The van der Waals surface area contributed by atoms with Crippen LogP contribution in [0.3, 0.4) is 0 Å². The highest BCUT2D eigenvalue weighted by atomic mass is 16.5. The van der Waals surface area contributed by atoms with Gasteiger partial charge < -0.3 is 9.84 Å². The highest BCUT2D eigenvalue weighted by Gasteiger charge is 1.98. The summed E-state index contributed by atoms with van der Waals surface area (Å²) in [6.45, 7) is 5.14. The molecule has 0 aliphatic carbocycles. The van der Waals surface area contributed by atoms with Gasteiger partial charge in [-0.15, -0.1) is 0 Å². The Morgan fingerprint density at radius 3 is 2.70 bits per heavy atom. The second-order valence-corrected chi connectivity index (χ2v) is 2.55. The predicted octanol–water partition coefficient (Wildman–Crippen LogP) is 1.57. The van der Waals surface area contributed by atoms with E-state index in [4.69, 9.17) is 9.84 Å².